The molecule has 1 aliphatic rings. The summed E-state index contributed by atoms with van der Waals surface area (Å²) in [4.78, 5) is 10.6. The van der Waals surface area contributed by atoms with E-state index in [4.69, 9.17) is 11.6 Å². The molecule has 1 aromatic carbocycles. The smallest absolute Gasteiger partial charge is 0.273 e. The summed E-state index contributed by atoms with van der Waals surface area (Å²) >= 11 is 5.90. The zero-order chi connectivity index (χ0) is 15.5. The van der Waals surface area contributed by atoms with Gasteiger partial charge in [-0.05, 0) is 30.9 Å². The monoisotopic (exact) mass is 312 g/mol. The first-order valence-corrected chi connectivity index (χ1v) is 7.63. The third-order valence-electron chi connectivity index (χ3n) is 4.08. The molecule has 1 fully saturated rings. The first-order valence-electron chi connectivity index (χ1n) is 7.25. The van der Waals surface area contributed by atoms with E-state index in [2.05, 4.69) is 12.2 Å². The zero-order valence-electron chi connectivity index (χ0n) is 12.1. The van der Waals surface area contributed by atoms with Gasteiger partial charge in [0.05, 0.1) is 10.5 Å². The van der Waals surface area contributed by atoms with Gasteiger partial charge in [0.15, 0.2) is 0 Å². The third-order valence-corrected chi connectivity index (χ3v) is 4.31. The second kappa shape index (κ2) is 6.73. The van der Waals surface area contributed by atoms with Crippen molar-refractivity contribution in [3.8, 4) is 0 Å². The van der Waals surface area contributed by atoms with E-state index in [1.807, 2.05) is 0 Å². The maximum absolute atomic E-state index is 11.0. The highest BCUT2D eigenvalue weighted by Gasteiger charge is 2.32. The number of nitro benzene ring substituents is 1. The number of aliphatic hydroxyl groups is 1. The van der Waals surface area contributed by atoms with E-state index in [1.54, 1.807) is 6.07 Å². The summed E-state index contributed by atoms with van der Waals surface area (Å²) in [6.45, 7) is 2.92. The molecule has 0 radical (unpaired) electrons. The van der Waals surface area contributed by atoms with Crippen LogP contribution in [0.25, 0.3) is 0 Å². The first-order chi connectivity index (χ1) is 9.89. The molecule has 2 N–H and O–H groups in total. The molecule has 116 valence electrons. The van der Waals surface area contributed by atoms with Crippen molar-refractivity contribution in [3.05, 3.63) is 38.9 Å². The van der Waals surface area contributed by atoms with Crippen LogP contribution in [0.4, 0.5) is 5.69 Å². The Morgan fingerprint density at radius 3 is 3.00 bits per heavy atom. The molecule has 0 bridgehead atoms. The lowest BCUT2D eigenvalue weighted by molar-refractivity contribution is -0.385. The van der Waals surface area contributed by atoms with Gasteiger partial charge in [0, 0.05) is 29.7 Å². The molecule has 2 rings (SSSR count). The fraction of sp³-hybridized carbons (Fsp3) is 0.600. The minimum absolute atomic E-state index is 0.0518. The molecule has 0 spiro atoms. The van der Waals surface area contributed by atoms with Gasteiger partial charge in [0.2, 0.25) is 0 Å². The second-order valence-electron chi connectivity index (χ2n) is 6.06. The van der Waals surface area contributed by atoms with Gasteiger partial charge in [-0.3, -0.25) is 10.1 Å². The highest BCUT2D eigenvalue weighted by Crippen LogP contribution is 2.31. The molecule has 0 amide bonds. The van der Waals surface area contributed by atoms with E-state index in [-0.39, 0.29) is 5.69 Å². The molecule has 0 heterocycles. The van der Waals surface area contributed by atoms with Gasteiger partial charge in [-0.15, -0.1) is 0 Å². The Hall–Kier alpha value is -1.17. The quantitative estimate of drug-likeness (QED) is 0.646. The Balaban J connectivity index is 1.97. The molecule has 5 nitrogen and oxygen atoms in total. The van der Waals surface area contributed by atoms with Crippen molar-refractivity contribution < 1.29 is 10.0 Å². The van der Waals surface area contributed by atoms with Gasteiger partial charge in [-0.1, -0.05) is 31.4 Å². The van der Waals surface area contributed by atoms with Crippen molar-refractivity contribution >= 4 is 17.3 Å². The lowest BCUT2D eigenvalue weighted by Crippen LogP contribution is -2.43. The van der Waals surface area contributed by atoms with Crippen LogP contribution < -0.4 is 5.32 Å². The Morgan fingerprint density at radius 1 is 1.57 bits per heavy atom. The van der Waals surface area contributed by atoms with Crippen LogP contribution in [-0.2, 0) is 6.54 Å². The number of nitrogens with zero attached hydrogens (tertiary/aromatic N) is 1. The van der Waals surface area contributed by atoms with Crippen LogP contribution in [0.3, 0.4) is 0 Å². The molecule has 0 saturated heterocycles. The Morgan fingerprint density at radius 2 is 2.33 bits per heavy atom. The summed E-state index contributed by atoms with van der Waals surface area (Å²) in [5.74, 6) is 0.519. The molecule has 1 saturated carbocycles. The Kier molecular flexibility index (Phi) is 5.19. The lowest BCUT2D eigenvalue weighted by atomic mass is 9.79. The van der Waals surface area contributed by atoms with Gasteiger partial charge in [0.1, 0.15) is 0 Å². The fourth-order valence-corrected chi connectivity index (χ4v) is 3.29. The van der Waals surface area contributed by atoms with Crippen molar-refractivity contribution in [2.45, 2.75) is 44.8 Å². The van der Waals surface area contributed by atoms with Gasteiger partial charge >= 0.3 is 0 Å². The van der Waals surface area contributed by atoms with Crippen molar-refractivity contribution in [2.24, 2.45) is 5.92 Å². The largest absolute Gasteiger partial charge is 0.389 e. The number of rotatable bonds is 5. The van der Waals surface area contributed by atoms with E-state index in [0.717, 1.165) is 25.7 Å². The maximum atomic E-state index is 11.0. The standard InChI is InChI=1S/C15H21ClN2O3/c1-11-3-2-6-15(19,8-11)10-17-9-12-7-13(16)4-5-14(12)18(20)21/h4-5,7,11,17,19H,2-3,6,8-10H2,1H3. The molecule has 6 heteroatoms. The zero-order valence-corrected chi connectivity index (χ0v) is 12.9. The van der Waals surface area contributed by atoms with Gasteiger partial charge in [0.25, 0.3) is 5.69 Å². The van der Waals surface area contributed by atoms with Crippen LogP contribution in [0.5, 0.6) is 0 Å². The number of hydrogen-bond acceptors (Lipinski definition) is 4. The molecule has 2 unspecified atom stereocenters. The average molecular weight is 313 g/mol. The minimum Gasteiger partial charge on any atom is -0.389 e. The van der Waals surface area contributed by atoms with E-state index >= 15 is 0 Å². The van der Waals surface area contributed by atoms with Crippen molar-refractivity contribution in [3.63, 3.8) is 0 Å². The van der Waals surface area contributed by atoms with Crippen molar-refractivity contribution in [1.82, 2.24) is 5.32 Å². The van der Waals surface area contributed by atoms with E-state index in [1.165, 1.54) is 12.1 Å². The number of halogens is 1. The summed E-state index contributed by atoms with van der Waals surface area (Å²) in [5.41, 5.74) is -0.110. The summed E-state index contributed by atoms with van der Waals surface area (Å²) in [6.07, 6.45) is 3.73. The van der Waals surface area contributed by atoms with Crippen molar-refractivity contribution in [1.29, 1.82) is 0 Å². The second-order valence-corrected chi connectivity index (χ2v) is 6.50. The molecule has 0 aliphatic heterocycles. The topological polar surface area (TPSA) is 75.4 Å². The molecule has 21 heavy (non-hydrogen) atoms. The van der Waals surface area contributed by atoms with Crippen LogP contribution in [0.2, 0.25) is 5.02 Å². The van der Waals surface area contributed by atoms with Crippen LogP contribution in [0.15, 0.2) is 18.2 Å². The molecule has 1 aromatic rings. The number of hydrogen-bond donors (Lipinski definition) is 2. The highest BCUT2D eigenvalue weighted by molar-refractivity contribution is 6.30. The van der Waals surface area contributed by atoms with Gasteiger partial charge in [-0.25, -0.2) is 0 Å². The van der Waals surface area contributed by atoms with Gasteiger partial charge < -0.3 is 10.4 Å². The van der Waals surface area contributed by atoms with Crippen LogP contribution in [0.1, 0.15) is 38.2 Å². The van der Waals surface area contributed by atoms with E-state index < -0.39 is 10.5 Å². The summed E-state index contributed by atoms with van der Waals surface area (Å²) in [5, 5.41) is 25.1. The van der Waals surface area contributed by atoms with Crippen LogP contribution in [-0.4, -0.2) is 22.2 Å². The predicted molar refractivity (Wildman–Crippen MR) is 82.4 cm³/mol. The minimum atomic E-state index is -0.703. The Bertz CT molecular complexity index is 524. The molecule has 0 aromatic heterocycles. The highest BCUT2D eigenvalue weighted by atomic mass is 35.5. The lowest BCUT2D eigenvalue weighted by Gasteiger charge is -2.35. The number of nitro groups is 1. The van der Waals surface area contributed by atoms with Crippen LogP contribution in [0, 0.1) is 16.0 Å². The Labute approximate surface area is 129 Å². The molecular weight excluding hydrogens is 292 g/mol. The summed E-state index contributed by atoms with van der Waals surface area (Å²) in [6, 6.07) is 4.52. The van der Waals surface area contributed by atoms with E-state index in [0.29, 0.717) is 29.6 Å². The fourth-order valence-electron chi connectivity index (χ4n) is 3.10. The molecule has 1 aliphatic carbocycles. The van der Waals surface area contributed by atoms with E-state index in [9.17, 15) is 15.2 Å². The SMILES string of the molecule is CC1CCCC(O)(CNCc2cc(Cl)ccc2[N+](=O)[O-])C1. The predicted octanol–water partition coefficient (Wildman–Crippen LogP) is 3.28. The van der Waals surface area contributed by atoms with Crippen molar-refractivity contribution in [2.75, 3.05) is 6.54 Å². The van der Waals surface area contributed by atoms with Gasteiger partial charge in [-0.2, -0.15) is 0 Å². The number of benzene rings is 1. The van der Waals surface area contributed by atoms with Crippen LogP contribution >= 0.6 is 11.6 Å². The normalized spacial score (nSPS) is 25.8. The summed E-state index contributed by atoms with van der Waals surface area (Å²) in [7, 11) is 0. The number of nitrogens with one attached hydrogen (secondary N) is 1. The average Bonchev–Trinajstić information content (AvgIpc) is 2.37. The summed E-state index contributed by atoms with van der Waals surface area (Å²) < 4.78 is 0. The molecule has 2 atom stereocenters. The molecular formula is C15H21ClN2O3. The third kappa shape index (κ3) is 4.40. The first kappa shape index (κ1) is 16.2. The maximum Gasteiger partial charge on any atom is 0.273 e.